The molecule has 3 aliphatic rings. The fourth-order valence-corrected chi connectivity index (χ4v) is 10.3. The van der Waals surface area contributed by atoms with Crippen LogP contribution < -0.4 is 0 Å². The van der Waals surface area contributed by atoms with Crippen molar-refractivity contribution in [2.75, 3.05) is 41.3 Å². The van der Waals surface area contributed by atoms with Gasteiger partial charge in [0.05, 0.1) is 36.9 Å². The van der Waals surface area contributed by atoms with Crippen LogP contribution in [0.1, 0.15) is 112 Å². The monoisotopic (exact) mass is 1030 g/mol. The number of ether oxygens (including phenoxy) is 9. The predicted molar refractivity (Wildman–Crippen MR) is 266 cm³/mol. The third-order valence-electron chi connectivity index (χ3n) is 14.0. The van der Waals surface area contributed by atoms with Crippen LogP contribution in [0.5, 0.6) is 0 Å². The fraction of sp³-hybridized carbons (Fsp3) is 0.717. The maximum Gasteiger partial charge on any atom is 0.309 e. The molecule has 20 nitrogen and oxygen atoms in total. The Bertz CT molecular complexity index is 2150. The Morgan fingerprint density at radius 1 is 0.986 bits per heavy atom. The maximum atomic E-state index is 14.2. The minimum atomic E-state index is -1.45. The zero-order valence-corrected chi connectivity index (χ0v) is 44.5. The van der Waals surface area contributed by atoms with Crippen LogP contribution in [0.25, 0.3) is 17.1 Å². The highest BCUT2D eigenvalue weighted by molar-refractivity contribution is 5.77. The average Bonchev–Trinajstić information content (AvgIpc) is 3.32. The summed E-state index contributed by atoms with van der Waals surface area (Å²) in [6, 6.07) is 4.91. The number of cyclic esters (lactones) is 1. The van der Waals surface area contributed by atoms with Gasteiger partial charge >= 0.3 is 23.9 Å². The third-order valence-corrected chi connectivity index (χ3v) is 14.0. The van der Waals surface area contributed by atoms with Crippen molar-refractivity contribution < 1.29 is 76.8 Å². The zero-order valence-electron chi connectivity index (χ0n) is 44.5. The summed E-state index contributed by atoms with van der Waals surface area (Å²) in [7, 11) is 6.79. The second-order valence-electron chi connectivity index (χ2n) is 20.2. The number of pyridine rings is 2. The van der Waals surface area contributed by atoms with Crippen molar-refractivity contribution in [1.29, 1.82) is 0 Å². The molecule has 16 atom stereocenters. The molecule has 0 aromatic carbocycles. The highest BCUT2D eigenvalue weighted by Gasteiger charge is 2.54. The number of rotatable bonds is 16. The number of aldehydes is 1. The molecule has 0 bridgehead atoms. The van der Waals surface area contributed by atoms with Crippen LogP contribution in [0, 0.1) is 11.8 Å². The van der Waals surface area contributed by atoms with Crippen LogP contribution in [-0.2, 0) is 66.6 Å². The van der Waals surface area contributed by atoms with E-state index < -0.39 is 127 Å². The predicted octanol–water partition coefficient (Wildman–Crippen LogP) is 4.57. The van der Waals surface area contributed by atoms with E-state index in [2.05, 4.69) is 9.97 Å². The maximum absolute atomic E-state index is 14.2. The third kappa shape index (κ3) is 16.5. The molecule has 0 aliphatic carbocycles. The van der Waals surface area contributed by atoms with Crippen molar-refractivity contribution in [3.8, 4) is 0 Å². The lowest BCUT2D eigenvalue weighted by atomic mass is 9.82. The van der Waals surface area contributed by atoms with Crippen molar-refractivity contribution in [3.05, 3.63) is 42.2 Å². The average molecular weight is 1030 g/mol. The number of aliphatic hydroxyl groups excluding tert-OH is 2. The molecule has 73 heavy (non-hydrogen) atoms. The number of aromatic nitrogens is 2. The van der Waals surface area contributed by atoms with Crippen molar-refractivity contribution in [1.82, 2.24) is 19.8 Å². The Labute approximate surface area is 429 Å². The highest BCUT2D eigenvalue weighted by Crippen LogP contribution is 2.39. The van der Waals surface area contributed by atoms with Gasteiger partial charge in [-0.1, -0.05) is 32.9 Å². The molecule has 2 aromatic heterocycles. The summed E-state index contributed by atoms with van der Waals surface area (Å²) < 4.78 is 56.1. The second kappa shape index (κ2) is 27.9. The Morgan fingerprint density at radius 2 is 1.71 bits per heavy atom. The number of carbonyl (C=O) groups is 5. The van der Waals surface area contributed by atoms with Gasteiger partial charge in [-0.2, -0.15) is 0 Å². The van der Waals surface area contributed by atoms with E-state index >= 15 is 0 Å². The van der Waals surface area contributed by atoms with E-state index in [4.69, 9.17) is 42.6 Å². The van der Waals surface area contributed by atoms with E-state index in [0.717, 1.165) is 17.2 Å². The number of carbonyl (C=O) groups excluding carboxylic acids is 5. The molecule has 3 saturated heterocycles. The summed E-state index contributed by atoms with van der Waals surface area (Å²) in [4.78, 5) is 77.4. The first-order chi connectivity index (χ1) is 34.7. The first-order valence-electron chi connectivity index (χ1n) is 25.6. The molecule has 5 heterocycles. The molecule has 20 heteroatoms. The Balaban J connectivity index is 1.46. The molecule has 0 amide bonds. The zero-order chi connectivity index (χ0) is 53.6. The van der Waals surface area contributed by atoms with E-state index in [9.17, 15) is 34.2 Å². The standard InChI is InChI=1S/C53H80N4O16/c1-12-41(61)69-40-27-43(63)68-38(19-14-17-35-26-37-18-15-22-54-51(37)55-29-35)20-16-23-57(10)30-39(60)31(3)25-36(21-24-58)48(49(40)65-11)72-52-46(64)45(56(8)9)47(32(4)67-52)71-44-28-53(7,73-34(6)59)50(33(5)66-44)70-42(62)13-2/h14-15,17-18,22,24,26,29,31-33,36,38-40,44-50,52,60,64H,12-13,16,19-21,23,25,27-28,30H2,1-11H3/b17-14+/t31-,32?,33?,36+,38+,39+,40-,44+,45?,46?,47-,48+,49+,50+,52+,53?/m1/s1. The molecule has 408 valence electrons. The van der Waals surface area contributed by atoms with E-state index in [1.54, 1.807) is 66.0 Å². The van der Waals surface area contributed by atoms with Gasteiger partial charge in [0.1, 0.15) is 36.8 Å². The Hall–Kier alpha value is -4.51. The van der Waals surface area contributed by atoms with Crippen LogP contribution in [0.15, 0.2) is 36.7 Å². The van der Waals surface area contributed by atoms with Crippen LogP contribution in [0.4, 0.5) is 0 Å². The van der Waals surface area contributed by atoms with E-state index in [-0.39, 0.29) is 32.1 Å². The molecule has 0 radical (unpaired) electrons. The fourth-order valence-electron chi connectivity index (χ4n) is 10.3. The van der Waals surface area contributed by atoms with Gasteiger partial charge in [0, 0.05) is 70.5 Å². The number of hydrogen-bond acceptors (Lipinski definition) is 20. The quantitative estimate of drug-likeness (QED) is 0.133. The van der Waals surface area contributed by atoms with Crippen molar-refractivity contribution in [2.24, 2.45) is 11.8 Å². The summed E-state index contributed by atoms with van der Waals surface area (Å²) in [5.41, 5.74) is 0.138. The number of aliphatic hydroxyl groups is 2. The molecule has 3 aliphatic heterocycles. The molecular formula is C53H80N4O16. The van der Waals surface area contributed by atoms with Crippen LogP contribution in [-0.4, -0.2) is 187 Å². The Kier molecular flexibility index (Phi) is 22.7. The molecular weight excluding hydrogens is 949 g/mol. The highest BCUT2D eigenvalue weighted by atomic mass is 16.7. The van der Waals surface area contributed by atoms with Crippen molar-refractivity contribution in [2.45, 2.75) is 192 Å². The van der Waals surface area contributed by atoms with E-state index in [1.807, 2.05) is 49.2 Å². The summed E-state index contributed by atoms with van der Waals surface area (Å²) >= 11 is 0. The van der Waals surface area contributed by atoms with Crippen molar-refractivity contribution in [3.63, 3.8) is 0 Å². The summed E-state index contributed by atoms with van der Waals surface area (Å²) in [5, 5.41) is 24.9. The lowest BCUT2D eigenvalue weighted by Crippen LogP contribution is -2.66. The van der Waals surface area contributed by atoms with Gasteiger partial charge in [-0.05, 0) is 103 Å². The minimum Gasteiger partial charge on any atom is -0.462 e. The topological polar surface area (TPSA) is 241 Å². The summed E-state index contributed by atoms with van der Waals surface area (Å²) in [5.74, 6) is -3.49. The Morgan fingerprint density at radius 3 is 2.38 bits per heavy atom. The van der Waals surface area contributed by atoms with Gasteiger partial charge in [0.15, 0.2) is 29.9 Å². The number of hydrogen-bond donors (Lipinski definition) is 2. The van der Waals surface area contributed by atoms with Gasteiger partial charge in [0.25, 0.3) is 0 Å². The molecule has 2 aromatic rings. The van der Waals surface area contributed by atoms with E-state index in [1.165, 1.54) is 14.0 Å². The molecule has 2 N–H and O–H groups in total. The number of β-amino-alcohol motifs (C(OH)–C–C–N with tert-alkyl or cyclic N) is 1. The lowest BCUT2D eigenvalue weighted by molar-refractivity contribution is -0.344. The van der Waals surface area contributed by atoms with Gasteiger partial charge in [-0.15, -0.1) is 0 Å². The first kappa shape index (κ1) is 59.4. The molecule has 3 fully saturated rings. The van der Waals surface area contributed by atoms with Crippen LogP contribution in [0.3, 0.4) is 0 Å². The number of fused-ring (bicyclic) bond motifs is 1. The van der Waals surface area contributed by atoms with Crippen LogP contribution in [0.2, 0.25) is 0 Å². The van der Waals surface area contributed by atoms with Gasteiger partial charge in [0.2, 0.25) is 0 Å². The van der Waals surface area contributed by atoms with Gasteiger partial charge in [-0.3, -0.25) is 19.2 Å². The van der Waals surface area contributed by atoms with Crippen molar-refractivity contribution >= 4 is 47.3 Å². The largest absolute Gasteiger partial charge is 0.462 e. The second-order valence-corrected chi connectivity index (χ2v) is 20.2. The summed E-state index contributed by atoms with van der Waals surface area (Å²) in [6.07, 6.45) is -3.22. The number of methoxy groups -OCH3 is 1. The number of nitrogens with zero attached hydrogens (tertiary/aromatic N) is 4. The molecule has 5 rings (SSSR count). The molecule has 5 unspecified atom stereocenters. The lowest BCUT2D eigenvalue weighted by Gasteiger charge is -2.50. The smallest absolute Gasteiger partial charge is 0.309 e. The molecule has 0 spiro atoms. The SMILES string of the molecule is CCC(=O)O[C@@H]1CC(=O)O[C@@H](C/C=C/c2cnc3ncccc3c2)CCCN(C)C[C@H](O)[C@H](C)C[C@H](CC=O)[C@H](O[C@@H]2OC(C)[C@@H](O[C@H]3CC(C)(OC(C)=O)[C@@H](OC(=O)CC)C(C)O3)C(N(C)C)C2O)[C@H]1OC. The van der Waals surface area contributed by atoms with E-state index in [0.29, 0.717) is 38.0 Å². The van der Waals surface area contributed by atoms with Gasteiger partial charge in [-0.25, -0.2) is 9.97 Å². The van der Waals surface area contributed by atoms with Crippen LogP contribution >= 0.6 is 0 Å². The number of esters is 4. The molecule has 0 saturated carbocycles. The number of likely N-dealkylation sites (N-methyl/N-ethyl adjacent to an activating group) is 2. The minimum absolute atomic E-state index is 0.0261. The summed E-state index contributed by atoms with van der Waals surface area (Å²) in [6.45, 7) is 12.4. The normalized spacial score (nSPS) is 34.5. The van der Waals surface area contributed by atoms with Gasteiger partial charge < -0.3 is 67.4 Å². The first-order valence-corrected chi connectivity index (χ1v) is 25.6.